The number of aromatic nitrogens is 2. The third-order valence-corrected chi connectivity index (χ3v) is 6.25. The number of aryl methyl sites for hydroxylation is 3. The summed E-state index contributed by atoms with van der Waals surface area (Å²) in [6, 6.07) is 5.92. The molecule has 0 aliphatic carbocycles. The second-order valence-corrected chi connectivity index (χ2v) is 8.48. The van der Waals surface area contributed by atoms with Gasteiger partial charge in [0.15, 0.2) is 3.95 Å². The number of hydrogen-bond donors (Lipinski definition) is 2. The number of esters is 1. The van der Waals surface area contributed by atoms with Gasteiger partial charge in [0, 0.05) is 5.69 Å². The number of hydrogen-bond acceptors (Lipinski definition) is 6. The van der Waals surface area contributed by atoms with Gasteiger partial charge in [0.05, 0.1) is 23.6 Å². The van der Waals surface area contributed by atoms with Crippen LogP contribution in [0.15, 0.2) is 18.2 Å². The molecule has 0 spiro atoms. The first-order chi connectivity index (χ1) is 13.7. The molecular formula is C21H23N3O3S2. The van der Waals surface area contributed by atoms with Gasteiger partial charge >= 0.3 is 5.97 Å². The van der Waals surface area contributed by atoms with E-state index in [9.17, 15) is 9.59 Å². The van der Waals surface area contributed by atoms with Crippen LogP contribution >= 0.6 is 23.6 Å². The van der Waals surface area contributed by atoms with Crippen molar-refractivity contribution in [3.63, 3.8) is 0 Å². The fourth-order valence-electron chi connectivity index (χ4n) is 3.52. The molecule has 0 fully saturated rings. The first-order valence-electron chi connectivity index (χ1n) is 9.17. The van der Waals surface area contributed by atoms with Crippen molar-refractivity contribution in [2.75, 3.05) is 12.3 Å². The molecule has 2 heterocycles. The smallest absolute Gasteiger partial charge is 0.340 e. The van der Waals surface area contributed by atoms with Crippen LogP contribution in [-0.4, -0.2) is 27.9 Å². The molecule has 0 unspecified atom stereocenters. The van der Waals surface area contributed by atoms with Gasteiger partial charge in [-0.05, 0) is 63.5 Å². The summed E-state index contributed by atoms with van der Waals surface area (Å²) in [4.78, 5) is 28.9. The maximum atomic E-state index is 13.3. The fraction of sp³-hybridized carbons (Fsp3) is 0.286. The van der Waals surface area contributed by atoms with Crippen LogP contribution in [0.1, 0.15) is 55.0 Å². The maximum absolute atomic E-state index is 13.3. The van der Waals surface area contributed by atoms with Crippen LogP contribution in [0.2, 0.25) is 0 Å². The van der Waals surface area contributed by atoms with E-state index in [1.54, 1.807) is 25.3 Å². The van der Waals surface area contributed by atoms with Crippen LogP contribution in [0.25, 0.3) is 5.69 Å². The Morgan fingerprint density at radius 2 is 1.83 bits per heavy atom. The van der Waals surface area contributed by atoms with Crippen molar-refractivity contribution < 1.29 is 14.3 Å². The topological polar surface area (TPSA) is 90.1 Å². The van der Waals surface area contributed by atoms with Gasteiger partial charge in [-0.3, -0.25) is 9.36 Å². The van der Waals surface area contributed by atoms with Gasteiger partial charge < -0.3 is 15.5 Å². The zero-order valence-electron chi connectivity index (χ0n) is 17.0. The van der Waals surface area contributed by atoms with Crippen LogP contribution in [0.5, 0.6) is 0 Å². The number of rotatable bonds is 5. The summed E-state index contributed by atoms with van der Waals surface area (Å²) in [6.07, 6.45) is 0. The van der Waals surface area contributed by atoms with E-state index >= 15 is 0 Å². The van der Waals surface area contributed by atoms with Gasteiger partial charge in [0.25, 0.3) is 0 Å². The number of ketones is 1. The highest BCUT2D eigenvalue weighted by Gasteiger charge is 2.27. The molecule has 152 valence electrons. The zero-order valence-corrected chi connectivity index (χ0v) is 18.6. The van der Waals surface area contributed by atoms with E-state index in [4.69, 9.17) is 22.7 Å². The fourth-order valence-corrected chi connectivity index (χ4v) is 4.80. The maximum Gasteiger partial charge on any atom is 0.340 e. The van der Waals surface area contributed by atoms with E-state index in [1.165, 1.54) is 11.3 Å². The lowest BCUT2D eigenvalue weighted by molar-refractivity contribution is 0.0525. The van der Waals surface area contributed by atoms with Crippen molar-refractivity contribution in [2.24, 2.45) is 0 Å². The largest absolute Gasteiger partial charge is 0.462 e. The van der Waals surface area contributed by atoms with E-state index in [0.717, 1.165) is 16.8 Å². The average molecular weight is 430 g/mol. The predicted octanol–water partition coefficient (Wildman–Crippen LogP) is 4.82. The molecule has 2 aromatic heterocycles. The van der Waals surface area contributed by atoms with Crippen LogP contribution < -0.4 is 5.73 Å². The molecule has 0 atom stereocenters. The Balaban J connectivity index is 2.13. The Labute approximate surface area is 178 Å². The summed E-state index contributed by atoms with van der Waals surface area (Å²) in [7, 11) is 0. The molecule has 3 N–H and O–H groups in total. The van der Waals surface area contributed by atoms with E-state index in [2.05, 4.69) is 4.98 Å². The number of thiazole rings is 1. The number of benzene rings is 1. The second-order valence-electron chi connectivity index (χ2n) is 6.83. The number of nitrogens with zero attached hydrogens (tertiary/aromatic N) is 1. The number of carbonyl (C=O) groups is 2. The molecule has 8 heteroatoms. The van der Waals surface area contributed by atoms with Crippen molar-refractivity contribution in [2.45, 2.75) is 34.6 Å². The Kier molecular flexibility index (Phi) is 5.77. The average Bonchev–Trinajstić information content (AvgIpc) is 3.11. The Morgan fingerprint density at radius 1 is 1.21 bits per heavy atom. The lowest BCUT2D eigenvalue weighted by Crippen LogP contribution is -2.10. The molecular weight excluding hydrogens is 406 g/mol. The number of para-hydroxylation sites is 1. The first kappa shape index (κ1) is 21.0. The summed E-state index contributed by atoms with van der Waals surface area (Å²) in [5.41, 5.74) is 11.1. The highest BCUT2D eigenvalue weighted by molar-refractivity contribution is 7.73. The summed E-state index contributed by atoms with van der Waals surface area (Å²) in [5, 5.41) is 0. The minimum atomic E-state index is -0.452. The molecule has 3 aromatic rings. The van der Waals surface area contributed by atoms with Crippen LogP contribution in [0, 0.1) is 31.6 Å². The van der Waals surface area contributed by atoms with E-state index in [-0.39, 0.29) is 12.4 Å². The lowest BCUT2D eigenvalue weighted by atomic mass is 10.1. The molecule has 29 heavy (non-hydrogen) atoms. The molecule has 0 aliphatic heterocycles. The van der Waals surface area contributed by atoms with Gasteiger partial charge in [-0.1, -0.05) is 29.5 Å². The Morgan fingerprint density at radius 3 is 2.41 bits per heavy atom. The predicted molar refractivity (Wildman–Crippen MR) is 118 cm³/mol. The van der Waals surface area contributed by atoms with E-state index in [1.807, 2.05) is 32.0 Å². The number of nitrogens with one attached hydrogen (secondary N) is 1. The Bertz CT molecular complexity index is 1160. The molecule has 3 rings (SSSR count). The van der Waals surface area contributed by atoms with Crippen molar-refractivity contribution in [1.82, 2.24) is 9.55 Å². The van der Waals surface area contributed by atoms with Crippen LogP contribution in [0.4, 0.5) is 5.82 Å². The third kappa shape index (κ3) is 3.54. The van der Waals surface area contributed by atoms with Crippen molar-refractivity contribution in [1.29, 1.82) is 0 Å². The van der Waals surface area contributed by atoms with Crippen molar-refractivity contribution in [3.8, 4) is 5.69 Å². The Hall–Kier alpha value is -2.71. The van der Waals surface area contributed by atoms with Gasteiger partial charge in [-0.15, -0.1) is 0 Å². The number of H-pyrrole nitrogens is 1. The molecule has 6 nitrogen and oxygen atoms in total. The normalized spacial score (nSPS) is 10.9. The van der Waals surface area contributed by atoms with Crippen molar-refractivity contribution >= 4 is 41.1 Å². The van der Waals surface area contributed by atoms with Crippen LogP contribution in [0.3, 0.4) is 0 Å². The molecule has 0 saturated carbocycles. The van der Waals surface area contributed by atoms with E-state index in [0.29, 0.717) is 37.2 Å². The number of nitrogens with two attached hydrogens (primary N) is 1. The molecule has 0 aliphatic rings. The number of aromatic amines is 1. The summed E-state index contributed by atoms with van der Waals surface area (Å²) in [6.45, 7) is 9.42. The summed E-state index contributed by atoms with van der Waals surface area (Å²) >= 11 is 6.70. The first-order valence-corrected chi connectivity index (χ1v) is 10.4. The minimum Gasteiger partial charge on any atom is -0.462 e. The number of carbonyl (C=O) groups excluding carboxylic acids is 2. The standard InChI is InChI=1S/C21H23N3O3S2/c1-6-27-20(26)14-12(4)15(23-13(14)5)17(25)18-19(22)24(21(28)29-18)16-10(2)8-7-9-11(16)3/h7-9,23H,6,22H2,1-5H3. The monoisotopic (exact) mass is 429 g/mol. The van der Waals surface area contributed by atoms with Gasteiger partial charge in [0.1, 0.15) is 10.7 Å². The molecule has 0 radical (unpaired) electrons. The zero-order chi connectivity index (χ0) is 21.5. The molecule has 0 bridgehead atoms. The highest BCUT2D eigenvalue weighted by Crippen LogP contribution is 2.32. The van der Waals surface area contributed by atoms with Gasteiger partial charge in [0.2, 0.25) is 5.78 Å². The quantitative estimate of drug-likeness (QED) is 0.345. The van der Waals surface area contributed by atoms with E-state index < -0.39 is 5.97 Å². The number of ether oxygens (including phenoxy) is 1. The number of nitrogen functional groups attached to an aromatic ring is 1. The highest BCUT2D eigenvalue weighted by atomic mass is 32.1. The SMILES string of the molecule is CCOC(=O)c1c(C)[nH]c(C(=O)c2sc(=S)n(-c3c(C)cccc3C)c2N)c1C. The summed E-state index contributed by atoms with van der Waals surface area (Å²) in [5.74, 6) is -0.446. The molecule has 0 amide bonds. The number of anilines is 1. The van der Waals surface area contributed by atoms with Crippen molar-refractivity contribution in [3.05, 3.63) is 60.7 Å². The minimum absolute atomic E-state index is 0.263. The molecule has 0 saturated heterocycles. The lowest BCUT2D eigenvalue weighted by Gasteiger charge is -2.12. The van der Waals surface area contributed by atoms with Crippen LogP contribution in [-0.2, 0) is 4.74 Å². The third-order valence-electron chi connectivity index (χ3n) is 4.86. The van der Waals surface area contributed by atoms with Gasteiger partial charge in [-0.25, -0.2) is 4.79 Å². The summed E-state index contributed by atoms with van der Waals surface area (Å²) < 4.78 is 7.35. The van der Waals surface area contributed by atoms with Gasteiger partial charge in [-0.2, -0.15) is 0 Å². The second kappa shape index (κ2) is 7.96. The molecule has 1 aromatic carbocycles.